The van der Waals surface area contributed by atoms with Crippen LogP contribution in [-0.4, -0.2) is 94.5 Å². The third-order valence-corrected chi connectivity index (χ3v) is 16.5. The molecular weight excluding hydrogens is 886 g/mol. The van der Waals surface area contributed by atoms with Gasteiger partial charge in [-0.1, -0.05) is 61.4 Å². The number of rotatable bonds is 18. The van der Waals surface area contributed by atoms with Crippen LogP contribution in [0.1, 0.15) is 122 Å². The van der Waals surface area contributed by atoms with Gasteiger partial charge in [0.2, 0.25) is 5.78 Å². The predicted molar refractivity (Wildman–Crippen MR) is 244 cm³/mol. The molecule has 15 heteroatoms. The minimum atomic E-state index is -4.52. The number of carbonyl (C=O) groups is 4. The van der Waals surface area contributed by atoms with Gasteiger partial charge in [0.1, 0.15) is 24.1 Å². The quantitative estimate of drug-likeness (QED) is 0.0624. The molecule has 7 rings (SSSR count). The lowest BCUT2D eigenvalue weighted by atomic mass is 9.50. The highest BCUT2D eigenvalue weighted by molar-refractivity contribution is 5.92. The number of ketones is 2. The van der Waals surface area contributed by atoms with Gasteiger partial charge >= 0.3 is 18.3 Å². The number of allylic oxidation sites excluding steroid dienone is 6. The van der Waals surface area contributed by atoms with Crippen molar-refractivity contribution < 1.29 is 71.7 Å². The van der Waals surface area contributed by atoms with Crippen LogP contribution in [0.15, 0.2) is 71.9 Å². The Morgan fingerprint density at radius 1 is 0.926 bits per heavy atom. The molecule has 12 nitrogen and oxygen atoms in total. The standard InChI is InChI=1S/C53H69F3O12/c1-50-23-20-37(57)26-35(50)16-18-42-43(50)21-24-51(2)44(42)22-25-52(51,64)47(61)32-68-49(63)67-30-34-14-12-33(13-15-34)29-66-48(62)11-6-4-3-5-10-40-41(46(60)28-45(40)59)19-17-38(58)31-65-39-9-7-8-36(27-39)53(54,55)56/h3,5,7-9,17,19,21,26-27,33-34,38,40-42,44-46,58-60,64H,4,6,10-16,18,20,22-25,28-32H2,1-2H3/b5-3-,19-17+/t33?,34?,38-,40-,41-,42-,44+,45+,46-,50?,51?,52+/m1/s1. The average Bonchev–Trinajstić information content (AvgIpc) is 3.75. The van der Waals surface area contributed by atoms with E-state index in [1.807, 2.05) is 25.2 Å². The van der Waals surface area contributed by atoms with Crippen molar-refractivity contribution >= 4 is 23.7 Å². The maximum atomic E-state index is 13.6. The molecule has 0 bridgehead atoms. The van der Waals surface area contributed by atoms with Crippen molar-refractivity contribution in [3.8, 4) is 5.75 Å². The molecule has 1 aromatic rings. The molecule has 68 heavy (non-hydrogen) atoms. The Balaban J connectivity index is 0.742. The molecule has 4 N–H and O–H groups in total. The molecule has 374 valence electrons. The number of Topliss-reactive ketones (excluding diaryl/α,β-unsaturated/α-hetero) is 1. The minimum Gasteiger partial charge on any atom is -0.491 e. The number of hydrogen-bond acceptors (Lipinski definition) is 12. The fourth-order valence-corrected chi connectivity index (χ4v) is 12.3. The number of ether oxygens (including phenoxy) is 4. The van der Waals surface area contributed by atoms with Gasteiger partial charge < -0.3 is 39.4 Å². The molecule has 0 amide bonds. The van der Waals surface area contributed by atoms with Crippen LogP contribution in [-0.2, 0) is 34.8 Å². The van der Waals surface area contributed by atoms with E-state index in [9.17, 15) is 52.8 Å². The van der Waals surface area contributed by atoms with E-state index in [1.54, 1.807) is 6.08 Å². The Morgan fingerprint density at radius 3 is 2.40 bits per heavy atom. The summed E-state index contributed by atoms with van der Waals surface area (Å²) in [6.45, 7) is 3.85. The molecule has 1 aromatic carbocycles. The summed E-state index contributed by atoms with van der Waals surface area (Å²) in [5.74, 6) is -0.726. The second kappa shape index (κ2) is 21.8. The number of aliphatic hydroxyl groups excluding tert-OH is 3. The summed E-state index contributed by atoms with van der Waals surface area (Å²) in [6, 6.07) is 4.37. The van der Waals surface area contributed by atoms with Crippen LogP contribution in [0, 0.1) is 46.3 Å². The second-order valence-corrected chi connectivity index (χ2v) is 20.7. The number of aliphatic hydroxyl groups is 4. The van der Waals surface area contributed by atoms with Crippen molar-refractivity contribution in [2.45, 2.75) is 147 Å². The molecule has 6 aliphatic carbocycles. The molecule has 4 saturated carbocycles. The van der Waals surface area contributed by atoms with Crippen molar-refractivity contribution in [1.82, 2.24) is 0 Å². The van der Waals surface area contributed by atoms with Gasteiger partial charge in [-0.15, -0.1) is 0 Å². The first-order valence-electron chi connectivity index (χ1n) is 24.6. The molecule has 6 aliphatic rings. The van der Waals surface area contributed by atoms with E-state index in [-0.39, 0.29) is 78.6 Å². The lowest BCUT2D eigenvalue weighted by Crippen LogP contribution is -2.55. The van der Waals surface area contributed by atoms with Crippen molar-refractivity contribution in [3.05, 3.63) is 77.4 Å². The van der Waals surface area contributed by atoms with Gasteiger partial charge in [0.25, 0.3) is 0 Å². The summed E-state index contributed by atoms with van der Waals surface area (Å²) < 4.78 is 60.6. The Labute approximate surface area is 397 Å². The topological polar surface area (TPSA) is 186 Å². The maximum absolute atomic E-state index is 13.6. The number of esters is 1. The maximum Gasteiger partial charge on any atom is 0.508 e. The number of unbranched alkanes of at least 4 members (excludes halogenated alkanes) is 1. The molecule has 0 saturated heterocycles. The van der Waals surface area contributed by atoms with E-state index < -0.39 is 65.5 Å². The van der Waals surface area contributed by atoms with Gasteiger partial charge in [-0.25, -0.2) is 4.79 Å². The fraction of sp³-hybridized carbons (Fsp3) is 0.660. The van der Waals surface area contributed by atoms with Crippen LogP contribution >= 0.6 is 0 Å². The van der Waals surface area contributed by atoms with Gasteiger partial charge in [0.05, 0.1) is 31.0 Å². The summed E-state index contributed by atoms with van der Waals surface area (Å²) in [5.41, 5.74) is -0.735. The van der Waals surface area contributed by atoms with Crippen LogP contribution in [0.2, 0.25) is 0 Å². The third kappa shape index (κ3) is 11.6. The monoisotopic (exact) mass is 954 g/mol. The summed E-state index contributed by atoms with van der Waals surface area (Å²) in [7, 11) is 0. The van der Waals surface area contributed by atoms with E-state index in [0.717, 1.165) is 57.1 Å². The zero-order chi connectivity index (χ0) is 48.9. The first-order valence-corrected chi connectivity index (χ1v) is 24.6. The normalized spacial score (nSPS) is 34.1. The lowest BCUT2D eigenvalue weighted by Gasteiger charge is -2.54. The fourth-order valence-electron chi connectivity index (χ4n) is 12.3. The summed E-state index contributed by atoms with van der Waals surface area (Å²) in [4.78, 5) is 50.9. The van der Waals surface area contributed by atoms with Crippen LogP contribution in [0.4, 0.5) is 18.0 Å². The van der Waals surface area contributed by atoms with Gasteiger partial charge in [-0.05, 0) is 137 Å². The molecular formula is C53H69F3O12. The summed E-state index contributed by atoms with van der Waals surface area (Å²) in [5, 5.41) is 43.5. The molecule has 0 heterocycles. The van der Waals surface area contributed by atoms with E-state index in [1.165, 1.54) is 29.4 Å². The number of alkyl halides is 3. The number of benzene rings is 1. The SMILES string of the molecule is CC12CCC(=O)C=C1CC[C@@H]1C2=CCC2(C)[C@H]1CC[C@]2(O)C(=O)COC(=O)OCC1CCC(COC(=O)CCC/C=C\C[C@@H]2[C@@H](/C=C/[C@@H](O)COc3cccc(C(F)(F)F)c3)[C@H](O)C[C@@H]2O)CC1. The molecule has 0 radical (unpaired) electrons. The van der Waals surface area contributed by atoms with Crippen LogP contribution in [0.25, 0.3) is 0 Å². The molecule has 0 spiro atoms. The summed E-state index contributed by atoms with van der Waals surface area (Å²) in [6.07, 6.45) is 12.6. The number of fused-ring (bicyclic) bond motifs is 5. The number of halogens is 3. The van der Waals surface area contributed by atoms with Crippen molar-refractivity contribution in [2.24, 2.45) is 46.3 Å². The first kappa shape index (κ1) is 51.5. The zero-order valence-electron chi connectivity index (χ0n) is 39.3. The van der Waals surface area contributed by atoms with Gasteiger partial charge in [0, 0.05) is 36.0 Å². The Morgan fingerprint density at radius 2 is 1.66 bits per heavy atom. The number of hydrogen-bond donors (Lipinski definition) is 4. The highest BCUT2D eigenvalue weighted by Crippen LogP contribution is 2.65. The van der Waals surface area contributed by atoms with Gasteiger partial charge in [-0.2, -0.15) is 13.2 Å². The predicted octanol–water partition coefficient (Wildman–Crippen LogP) is 8.73. The van der Waals surface area contributed by atoms with Crippen LogP contribution in [0.3, 0.4) is 0 Å². The van der Waals surface area contributed by atoms with E-state index >= 15 is 0 Å². The van der Waals surface area contributed by atoms with E-state index in [0.29, 0.717) is 51.6 Å². The molecule has 0 aromatic heterocycles. The third-order valence-electron chi connectivity index (χ3n) is 16.5. The molecule has 2 unspecified atom stereocenters. The Hall–Kier alpha value is -4.31. The summed E-state index contributed by atoms with van der Waals surface area (Å²) >= 11 is 0. The smallest absolute Gasteiger partial charge is 0.491 e. The second-order valence-electron chi connectivity index (χ2n) is 20.7. The first-order chi connectivity index (χ1) is 32.3. The van der Waals surface area contributed by atoms with E-state index in [4.69, 9.17) is 18.9 Å². The molecule has 4 fully saturated rings. The Bertz CT molecular complexity index is 2110. The van der Waals surface area contributed by atoms with Crippen LogP contribution in [0.5, 0.6) is 5.75 Å². The average molecular weight is 955 g/mol. The van der Waals surface area contributed by atoms with Crippen molar-refractivity contribution in [2.75, 3.05) is 26.4 Å². The Kier molecular flexibility index (Phi) is 16.5. The molecule has 10 atom stereocenters. The largest absolute Gasteiger partial charge is 0.508 e. The molecule has 0 aliphatic heterocycles. The highest BCUT2D eigenvalue weighted by atomic mass is 19.4. The van der Waals surface area contributed by atoms with Gasteiger partial charge in [0.15, 0.2) is 12.4 Å². The zero-order valence-corrected chi connectivity index (χ0v) is 39.3. The van der Waals surface area contributed by atoms with Crippen LogP contribution < -0.4 is 4.74 Å². The minimum absolute atomic E-state index is 0.0333. The van der Waals surface area contributed by atoms with E-state index in [2.05, 4.69) is 13.0 Å². The van der Waals surface area contributed by atoms with Crippen molar-refractivity contribution in [1.29, 1.82) is 0 Å². The number of carbonyl (C=O) groups excluding carboxylic acids is 4. The van der Waals surface area contributed by atoms with Crippen molar-refractivity contribution in [3.63, 3.8) is 0 Å². The lowest BCUT2D eigenvalue weighted by molar-refractivity contribution is -0.156. The van der Waals surface area contributed by atoms with Gasteiger partial charge in [-0.3, -0.25) is 14.4 Å². The highest BCUT2D eigenvalue weighted by Gasteiger charge is 2.64.